The Morgan fingerprint density at radius 2 is 1.87 bits per heavy atom. The number of rotatable bonds is 6. The van der Waals surface area contributed by atoms with E-state index in [9.17, 15) is 15.3 Å². The molecule has 11 heteroatoms. The van der Waals surface area contributed by atoms with Gasteiger partial charge in [0.1, 0.15) is 17.9 Å². The Hall–Kier alpha value is -3.48. The maximum Gasteiger partial charge on any atom is 0.284 e. The lowest BCUT2D eigenvalue weighted by Gasteiger charge is -2.62. The molecule has 3 aromatic rings. The summed E-state index contributed by atoms with van der Waals surface area (Å²) >= 11 is 0. The summed E-state index contributed by atoms with van der Waals surface area (Å²) in [5.74, 6) is -1.14. The fourth-order valence-corrected chi connectivity index (χ4v) is 12.8. The fourth-order valence-electron chi connectivity index (χ4n) is 12.8. The van der Waals surface area contributed by atoms with Gasteiger partial charge >= 0.3 is 0 Å². The number of H-pyrrole nitrogens is 1. The molecule has 6 aliphatic rings. The molecule has 1 spiro atoms. The van der Waals surface area contributed by atoms with E-state index in [-0.39, 0.29) is 12.0 Å². The molecule has 5 N–H and O–H groups in total. The summed E-state index contributed by atoms with van der Waals surface area (Å²) in [7, 11) is 3.70. The molecule has 2 aromatic carbocycles. The number of methoxy groups -OCH3 is 1. The number of aliphatic hydroxyl groups is 3. The van der Waals surface area contributed by atoms with E-state index in [0.29, 0.717) is 13.0 Å². The van der Waals surface area contributed by atoms with E-state index in [2.05, 4.69) is 94.3 Å². The zero-order valence-electron chi connectivity index (χ0n) is 31.2. The third kappa shape index (κ3) is 4.25. The molecule has 0 radical (unpaired) electrons. The summed E-state index contributed by atoms with van der Waals surface area (Å²) in [6, 6.07) is 12.3. The number of fused-ring (bicyclic) bond motifs is 6. The molecule has 52 heavy (non-hydrogen) atoms. The van der Waals surface area contributed by atoms with Gasteiger partial charge in [-0.1, -0.05) is 44.2 Å². The predicted molar refractivity (Wildman–Crippen MR) is 199 cm³/mol. The molecule has 278 valence electrons. The van der Waals surface area contributed by atoms with Crippen molar-refractivity contribution in [2.75, 3.05) is 51.8 Å². The smallest absolute Gasteiger partial charge is 0.284 e. The van der Waals surface area contributed by atoms with Gasteiger partial charge in [0.05, 0.1) is 12.7 Å². The van der Waals surface area contributed by atoms with Gasteiger partial charge in [-0.05, 0) is 81.2 Å². The van der Waals surface area contributed by atoms with Crippen LogP contribution in [0.1, 0.15) is 75.3 Å². The van der Waals surface area contributed by atoms with E-state index in [0.717, 1.165) is 86.4 Å². The summed E-state index contributed by atoms with van der Waals surface area (Å²) in [4.78, 5) is 16.6. The van der Waals surface area contributed by atoms with E-state index in [1.54, 1.807) is 7.11 Å². The number of aromatic nitrogens is 1. The van der Waals surface area contributed by atoms with Crippen LogP contribution in [0.5, 0.6) is 5.75 Å². The van der Waals surface area contributed by atoms with Crippen molar-refractivity contribution in [3.63, 3.8) is 0 Å². The maximum absolute atomic E-state index is 12.6. The van der Waals surface area contributed by atoms with Crippen molar-refractivity contribution in [1.82, 2.24) is 14.8 Å². The summed E-state index contributed by atoms with van der Waals surface area (Å²) in [6.07, 6.45) is 7.37. The van der Waals surface area contributed by atoms with E-state index in [1.165, 1.54) is 16.6 Å². The second-order valence-electron chi connectivity index (χ2n) is 17.2. The molecule has 1 aromatic heterocycles. The largest absolute Gasteiger partial charge is 0.496 e. The van der Waals surface area contributed by atoms with Gasteiger partial charge in [-0.25, -0.2) is 0 Å². The molecule has 1 unspecified atom stereocenters. The Kier molecular flexibility index (Phi) is 7.59. The first-order chi connectivity index (χ1) is 24.9. The van der Waals surface area contributed by atoms with Gasteiger partial charge < -0.3 is 34.8 Å². The lowest BCUT2D eigenvalue weighted by molar-refractivity contribution is -0.325. The highest BCUT2D eigenvalue weighted by Crippen LogP contribution is 2.67. The number of likely N-dealkylation sites (N-methyl/N-ethyl adjacent to an activating group) is 1. The first kappa shape index (κ1) is 34.3. The summed E-state index contributed by atoms with van der Waals surface area (Å²) in [5, 5.41) is 41.3. The Bertz CT molecular complexity index is 1970. The average molecular weight is 711 g/mol. The Morgan fingerprint density at radius 1 is 1.06 bits per heavy atom. The minimum atomic E-state index is -2.14. The van der Waals surface area contributed by atoms with Gasteiger partial charge in [0.15, 0.2) is 0 Å². The fraction of sp³-hybridized carbons (Fsp3) is 0.610. The molecule has 1 aliphatic carbocycles. The maximum atomic E-state index is 12.6. The molecule has 5 aliphatic heterocycles. The van der Waals surface area contributed by atoms with Crippen molar-refractivity contribution in [3.05, 3.63) is 70.9 Å². The van der Waals surface area contributed by atoms with Gasteiger partial charge in [-0.2, -0.15) is 5.53 Å². The number of ether oxygens (including phenoxy) is 1. The molecule has 0 amide bonds. The number of hydrogen-bond donors (Lipinski definition) is 5. The van der Waals surface area contributed by atoms with Gasteiger partial charge in [-0.3, -0.25) is 9.80 Å². The first-order valence-corrected chi connectivity index (χ1v) is 19.3. The number of anilines is 1. The van der Waals surface area contributed by atoms with Crippen molar-refractivity contribution in [2.45, 2.75) is 99.7 Å². The highest BCUT2D eigenvalue weighted by Gasteiger charge is 2.78. The van der Waals surface area contributed by atoms with Crippen molar-refractivity contribution in [3.8, 4) is 5.75 Å². The van der Waals surface area contributed by atoms with E-state index < -0.39 is 39.8 Å². The van der Waals surface area contributed by atoms with Crippen LogP contribution in [0.15, 0.2) is 53.8 Å². The normalized spacial score (nSPS) is 40.6. The Labute approximate surface area is 306 Å². The van der Waals surface area contributed by atoms with Crippen LogP contribution in [0.25, 0.3) is 10.9 Å². The van der Waals surface area contributed by atoms with Crippen LogP contribution in [-0.2, 0) is 22.1 Å². The molecule has 1 saturated carbocycles. The van der Waals surface area contributed by atoms with Gasteiger partial charge in [0.25, 0.3) is 5.79 Å². The molecule has 10 atom stereocenters. The lowest BCUT2D eigenvalue weighted by atomic mass is 9.50. The second kappa shape index (κ2) is 11.5. The molecule has 2 saturated heterocycles. The predicted octanol–water partition coefficient (Wildman–Crippen LogP) is 5.01. The number of nitrogens with zero attached hydrogens (tertiary/aromatic N) is 4. The third-order valence-electron chi connectivity index (χ3n) is 14.8. The summed E-state index contributed by atoms with van der Waals surface area (Å²) in [5.41, 5.74) is 11.8. The minimum absolute atomic E-state index is 0.113. The Morgan fingerprint density at radius 3 is 2.62 bits per heavy atom. The molecular formula is C41H54N6O5. The van der Waals surface area contributed by atoms with Crippen molar-refractivity contribution in [1.29, 1.82) is 5.53 Å². The molecule has 6 heterocycles. The van der Waals surface area contributed by atoms with Crippen LogP contribution in [0, 0.1) is 16.9 Å². The van der Waals surface area contributed by atoms with Gasteiger partial charge in [-0.15, -0.1) is 0 Å². The quantitative estimate of drug-likeness (QED) is 0.104. The molecular weight excluding hydrogens is 656 g/mol. The second-order valence-corrected chi connectivity index (χ2v) is 17.2. The van der Waals surface area contributed by atoms with E-state index >= 15 is 0 Å². The number of aromatic amines is 1. The number of aliphatic hydroxyl groups excluding tert-OH is 1. The van der Waals surface area contributed by atoms with Crippen LogP contribution >= 0.6 is 0 Å². The zero-order valence-corrected chi connectivity index (χ0v) is 31.2. The van der Waals surface area contributed by atoms with Crippen molar-refractivity contribution < 1.29 is 24.9 Å². The number of hydrogen-bond acceptors (Lipinski definition) is 10. The number of para-hydroxylation sites is 1. The zero-order chi connectivity index (χ0) is 36.4. The van der Waals surface area contributed by atoms with Crippen LogP contribution < -0.4 is 9.64 Å². The number of benzene rings is 2. The number of nitrogens with one attached hydrogen (secondary N) is 2. The van der Waals surface area contributed by atoms with Gasteiger partial charge in [0.2, 0.25) is 0 Å². The molecule has 2 bridgehead atoms. The topological polar surface area (TPSA) is 141 Å². The van der Waals surface area contributed by atoms with Crippen molar-refractivity contribution >= 4 is 16.6 Å². The van der Waals surface area contributed by atoms with Crippen LogP contribution in [0.4, 0.5) is 5.69 Å². The van der Waals surface area contributed by atoms with Gasteiger partial charge in [0, 0.05) is 94.7 Å². The van der Waals surface area contributed by atoms with Crippen LogP contribution in [-0.4, -0.2) is 107 Å². The SMILES string of the molecule is CC[C@]1(O)C[C@H]2CN(CCc3c([nH]c4ccccc34)[C@@](C)(c3cc4c(cc3OC)N(C)[C@H]3[C@@](O)(ON=N)[C@H](O)[C@]5(CC)C=CCN6CC[C@]43[C@@H]65)C2)C1. The molecule has 9 rings (SSSR count). The molecule has 11 nitrogen and oxygen atoms in total. The highest BCUT2D eigenvalue weighted by atomic mass is 16.7. The Balaban J connectivity index is 1.31. The highest BCUT2D eigenvalue weighted by molar-refractivity contribution is 5.86. The third-order valence-corrected chi connectivity index (χ3v) is 14.8. The average Bonchev–Trinajstić information content (AvgIpc) is 3.80. The van der Waals surface area contributed by atoms with E-state index in [1.807, 2.05) is 7.05 Å². The van der Waals surface area contributed by atoms with Crippen LogP contribution in [0.3, 0.4) is 0 Å². The van der Waals surface area contributed by atoms with E-state index in [4.69, 9.17) is 15.1 Å². The summed E-state index contributed by atoms with van der Waals surface area (Å²) < 4.78 is 6.38. The standard InChI is InChI=1S/C41H54N6O5/c1-6-38(49)22-25-21-37(3,33-27(13-17-46(23-25)24-38)26-11-8-9-12-30(26)43-33)29-19-28-31(20-32(29)51-5)45(4)35-40(28)15-18-47-16-10-14-39(7-2,34(40)47)36(48)41(35,50)52-44-42/h8-12,14,19-20,25,34-36,42-43,48-50H,6-7,13,15-18,21-24H2,1-5H3/t25-,34-,35+,36+,37+,38-,39+,40+,41+/m0/s1. The van der Waals surface area contributed by atoms with Crippen LogP contribution in [0.2, 0.25) is 0 Å². The lowest BCUT2D eigenvalue weighted by Crippen LogP contribution is -2.79. The van der Waals surface area contributed by atoms with Crippen molar-refractivity contribution in [2.24, 2.45) is 16.6 Å². The monoisotopic (exact) mass is 710 g/mol. The number of piperidine rings is 1. The first-order valence-electron chi connectivity index (χ1n) is 19.3. The molecule has 3 fully saturated rings. The minimum Gasteiger partial charge on any atom is -0.496 e. The summed E-state index contributed by atoms with van der Waals surface area (Å²) in [6.45, 7) is 10.6.